The molecule has 0 radical (unpaired) electrons. The monoisotopic (exact) mass is 364 g/mol. The summed E-state index contributed by atoms with van der Waals surface area (Å²) in [6, 6.07) is 11.8. The van der Waals surface area contributed by atoms with Gasteiger partial charge < -0.3 is 0 Å². The smallest absolute Gasteiger partial charge is 0.297 e. The van der Waals surface area contributed by atoms with Crippen LogP contribution < -0.4 is 10.2 Å². The molecule has 126 valence electrons. The van der Waals surface area contributed by atoms with Crippen LogP contribution in [-0.2, 0) is 6.42 Å². The lowest BCUT2D eigenvalue weighted by Crippen LogP contribution is -2.41. The number of hydrogen-bond donors (Lipinski definition) is 1. The lowest BCUT2D eigenvalue weighted by atomic mass is 10.1. The van der Waals surface area contributed by atoms with Crippen molar-refractivity contribution in [3.05, 3.63) is 63.6 Å². The maximum Gasteiger partial charge on any atom is 0.328 e. The van der Waals surface area contributed by atoms with Gasteiger partial charge in [-0.1, -0.05) is 54.7 Å². The zero-order valence-electron chi connectivity index (χ0n) is 13.5. The number of anilines is 1. The van der Waals surface area contributed by atoms with E-state index >= 15 is 0 Å². The molecule has 0 aromatic heterocycles. The first-order chi connectivity index (χ1) is 11.4. The number of carbonyl (C=O) groups is 2. The molecule has 0 spiro atoms. The highest BCUT2D eigenvalue weighted by molar-refractivity contribution is 6.40. The van der Waals surface area contributed by atoms with Crippen molar-refractivity contribution in [2.45, 2.75) is 19.8 Å². The Morgan fingerprint density at radius 3 is 2.17 bits per heavy atom. The van der Waals surface area contributed by atoms with E-state index in [-0.39, 0.29) is 15.6 Å². The molecule has 0 bridgehead atoms. The van der Waals surface area contributed by atoms with Crippen LogP contribution in [0.3, 0.4) is 0 Å². The number of imide groups is 1. The highest BCUT2D eigenvalue weighted by Gasteiger charge is 2.19. The van der Waals surface area contributed by atoms with E-state index in [0.717, 1.165) is 12.8 Å². The molecule has 0 aliphatic carbocycles. The molecule has 0 aliphatic rings. The van der Waals surface area contributed by atoms with E-state index in [1.807, 2.05) is 24.3 Å². The molecule has 0 saturated carbocycles. The molecule has 0 heterocycles. The standard InChI is InChI=1S/C18H18Cl2N2O2/c1-3-5-12-8-10-13(11-9-12)22(2)18(24)21-17(23)16-14(19)6-4-7-15(16)20/h4,6-11H,3,5H2,1-2H3,(H,21,23,24). The van der Waals surface area contributed by atoms with E-state index in [9.17, 15) is 9.59 Å². The summed E-state index contributed by atoms with van der Waals surface area (Å²) in [5.74, 6) is -0.634. The molecule has 1 N–H and O–H groups in total. The summed E-state index contributed by atoms with van der Waals surface area (Å²) in [6.45, 7) is 2.11. The molecule has 0 atom stereocenters. The number of aryl methyl sites for hydroxylation is 1. The number of nitrogens with one attached hydrogen (secondary N) is 1. The summed E-state index contributed by atoms with van der Waals surface area (Å²) >= 11 is 12.0. The normalized spacial score (nSPS) is 10.3. The van der Waals surface area contributed by atoms with Crippen molar-refractivity contribution in [3.63, 3.8) is 0 Å². The van der Waals surface area contributed by atoms with Crippen LogP contribution in [0.15, 0.2) is 42.5 Å². The minimum atomic E-state index is -0.634. The van der Waals surface area contributed by atoms with E-state index in [2.05, 4.69) is 12.2 Å². The fourth-order valence-corrected chi connectivity index (χ4v) is 2.82. The zero-order chi connectivity index (χ0) is 17.7. The van der Waals surface area contributed by atoms with Crippen molar-refractivity contribution in [1.29, 1.82) is 0 Å². The van der Waals surface area contributed by atoms with Crippen LogP contribution in [0.2, 0.25) is 10.0 Å². The predicted molar refractivity (Wildman–Crippen MR) is 98.2 cm³/mol. The van der Waals surface area contributed by atoms with Crippen LogP contribution in [0.4, 0.5) is 10.5 Å². The van der Waals surface area contributed by atoms with E-state index in [0.29, 0.717) is 5.69 Å². The largest absolute Gasteiger partial charge is 0.328 e. The van der Waals surface area contributed by atoms with Gasteiger partial charge in [0, 0.05) is 12.7 Å². The van der Waals surface area contributed by atoms with Crippen molar-refractivity contribution >= 4 is 40.8 Å². The average Bonchev–Trinajstić information content (AvgIpc) is 2.55. The van der Waals surface area contributed by atoms with Gasteiger partial charge in [0.2, 0.25) is 0 Å². The minimum Gasteiger partial charge on any atom is -0.297 e. The van der Waals surface area contributed by atoms with Gasteiger partial charge in [-0.15, -0.1) is 0 Å². The van der Waals surface area contributed by atoms with Crippen molar-refractivity contribution in [1.82, 2.24) is 5.32 Å². The molecule has 3 amide bonds. The Morgan fingerprint density at radius 2 is 1.62 bits per heavy atom. The summed E-state index contributed by atoms with van der Waals surface area (Å²) in [5.41, 5.74) is 1.97. The number of benzene rings is 2. The summed E-state index contributed by atoms with van der Waals surface area (Å²) in [4.78, 5) is 25.9. The number of rotatable bonds is 4. The molecule has 2 aromatic rings. The van der Waals surface area contributed by atoms with Crippen LogP contribution in [-0.4, -0.2) is 19.0 Å². The van der Waals surface area contributed by atoms with Gasteiger partial charge >= 0.3 is 6.03 Å². The molecule has 2 aromatic carbocycles. The molecule has 0 unspecified atom stereocenters. The lowest BCUT2D eigenvalue weighted by Gasteiger charge is -2.18. The first-order valence-corrected chi connectivity index (χ1v) is 8.31. The van der Waals surface area contributed by atoms with E-state index in [1.54, 1.807) is 25.2 Å². The highest BCUT2D eigenvalue weighted by Crippen LogP contribution is 2.24. The number of carbonyl (C=O) groups excluding carboxylic acids is 2. The van der Waals surface area contributed by atoms with Crippen LogP contribution in [0.1, 0.15) is 29.3 Å². The van der Waals surface area contributed by atoms with Crippen LogP contribution >= 0.6 is 23.2 Å². The molecular formula is C18H18Cl2N2O2. The minimum absolute atomic E-state index is 0.0841. The van der Waals surface area contributed by atoms with Gasteiger partial charge in [0.25, 0.3) is 5.91 Å². The Labute approximate surface area is 151 Å². The molecule has 0 aliphatic heterocycles. The van der Waals surface area contributed by atoms with Gasteiger partial charge in [0.15, 0.2) is 0 Å². The Balaban J connectivity index is 2.09. The average molecular weight is 365 g/mol. The first-order valence-electron chi connectivity index (χ1n) is 7.56. The third kappa shape index (κ3) is 4.28. The third-order valence-electron chi connectivity index (χ3n) is 3.58. The fraction of sp³-hybridized carbons (Fsp3) is 0.222. The maximum absolute atomic E-state index is 12.3. The Hall–Kier alpha value is -2.04. The number of halogens is 2. The van der Waals surface area contributed by atoms with E-state index < -0.39 is 11.9 Å². The first kappa shape index (κ1) is 18.3. The van der Waals surface area contributed by atoms with Crippen molar-refractivity contribution in [3.8, 4) is 0 Å². The Bertz CT molecular complexity index is 725. The maximum atomic E-state index is 12.3. The molecule has 0 saturated heterocycles. The van der Waals surface area contributed by atoms with Crippen LogP contribution in [0.25, 0.3) is 0 Å². The Kier molecular flexibility index (Phi) is 6.23. The molecule has 4 nitrogen and oxygen atoms in total. The molecule has 0 fully saturated rings. The highest BCUT2D eigenvalue weighted by atomic mass is 35.5. The van der Waals surface area contributed by atoms with Gasteiger partial charge in [-0.3, -0.25) is 15.0 Å². The zero-order valence-corrected chi connectivity index (χ0v) is 15.0. The van der Waals surface area contributed by atoms with Gasteiger partial charge in [-0.25, -0.2) is 4.79 Å². The number of nitrogens with zero attached hydrogens (tertiary/aromatic N) is 1. The quantitative estimate of drug-likeness (QED) is 0.835. The molecule has 24 heavy (non-hydrogen) atoms. The van der Waals surface area contributed by atoms with Gasteiger partial charge in [-0.2, -0.15) is 0 Å². The van der Waals surface area contributed by atoms with Crippen LogP contribution in [0, 0.1) is 0 Å². The van der Waals surface area contributed by atoms with Crippen molar-refractivity contribution in [2.75, 3.05) is 11.9 Å². The summed E-state index contributed by atoms with van der Waals surface area (Å²) in [6.07, 6.45) is 2.04. The summed E-state index contributed by atoms with van der Waals surface area (Å²) in [7, 11) is 1.59. The second kappa shape index (κ2) is 8.18. The second-order valence-electron chi connectivity index (χ2n) is 5.33. The number of urea groups is 1. The van der Waals surface area contributed by atoms with Crippen molar-refractivity contribution in [2.24, 2.45) is 0 Å². The SMILES string of the molecule is CCCc1ccc(N(C)C(=O)NC(=O)c2c(Cl)cccc2Cl)cc1. The second-order valence-corrected chi connectivity index (χ2v) is 6.15. The number of hydrogen-bond acceptors (Lipinski definition) is 2. The Morgan fingerprint density at radius 1 is 1.04 bits per heavy atom. The number of amides is 3. The van der Waals surface area contributed by atoms with Crippen LogP contribution in [0.5, 0.6) is 0 Å². The lowest BCUT2D eigenvalue weighted by molar-refractivity contribution is 0.0966. The topological polar surface area (TPSA) is 49.4 Å². The molecular weight excluding hydrogens is 347 g/mol. The van der Waals surface area contributed by atoms with Crippen molar-refractivity contribution < 1.29 is 9.59 Å². The predicted octanol–water partition coefficient (Wildman–Crippen LogP) is 4.93. The summed E-state index contributed by atoms with van der Waals surface area (Å²) < 4.78 is 0. The van der Waals surface area contributed by atoms with E-state index in [1.165, 1.54) is 10.5 Å². The van der Waals surface area contributed by atoms with Gasteiger partial charge in [0.05, 0.1) is 15.6 Å². The van der Waals surface area contributed by atoms with Gasteiger partial charge in [-0.05, 0) is 36.2 Å². The summed E-state index contributed by atoms with van der Waals surface area (Å²) in [5, 5.41) is 2.68. The molecule has 2 rings (SSSR count). The van der Waals surface area contributed by atoms with Gasteiger partial charge in [0.1, 0.15) is 0 Å². The molecule has 6 heteroatoms. The fourth-order valence-electron chi connectivity index (χ4n) is 2.25. The van der Waals surface area contributed by atoms with E-state index in [4.69, 9.17) is 23.2 Å². The third-order valence-corrected chi connectivity index (χ3v) is 4.21.